The molecule has 0 aliphatic rings. The predicted octanol–water partition coefficient (Wildman–Crippen LogP) is 2.32. The highest BCUT2D eigenvalue weighted by Crippen LogP contribution is 2.14. The third-order valence-electron chi connectivity index (χ3n) is 3.86. The third-order valence-corrected chi connectivity index (χ3v) is 4.78. The standard InChI is InChI=1S/C19H35N5O2S.HI/c1-7-20-18(22-15-19(4,5)23-27(6,25)26)21-12-13-24(8-2)17-11-9-10-16(3)14-17;/h9-11,14,23H,7-8,12-13,15H2,1-6H3,(H2,20,21,22);1H. The summed E-state index contributed by atoms with van der Waals surface area (Å²) in [5.41, 5.74) is 1.81. The number of anilines is 1. The van der Waals surface area contributed by atoms with Crippen molar-refractivity contribution in [1.82, 2.24) is 15.4 Å². The van der Waals surface area contributed by atoms with Crippen LogP contribution in [0.4, 0.5) is 5.69 Å². The quantitative estimate of drug-likeness (QED) is 0.248. The van der Waals surface area contributed by atoms with Gasteiger partial charge in [0, 0.05) is 37.4 Å². The molecule has 7 nitrogen and oxygen atoms in total. The molecule has 1 aromatic rings. The van der Waals surface area contributed by atoms with Gasteiger partial charge in [0.15, 0.2) is 5.96 Å². The zero-order chi connectivity index (χ0) is 20.5. The van der Waals surface area contributed by atoms with Gasteiger partial charge in [-0.25, -0.2) is 13.1 Å². The van der Waals surface area contributed by atoms with Gasteiger partial charge in [-0.2, -0.15) is 0 Å². The van der Waals surface area contributed by atoms with Gasteiger partial charge in [-0.3, -0.25) is 4.99 Å². The van der Waals surface area contributed by atoms with Gasteiger partial charge < -0.3 is 15.5 Å². The number of nitrogens with zero attached hydrogens (tertiary/aromatic N) is 2. The lowest BCUT2D eigenvalue weighted by Crippen LogP contribution is -2.47. The third kappa shape index (κ3) is 11.1. The van der Waals surface area contributed by atoms with Gasteiger partial charge in [-0.05, 0) is 52.3 Å². The van der Waals surface area contributed by atoms with Crippen LogP contribution in [-0.4, -0.2) is 58.9 Å². The topological polar surface area (TPSA) is 85.8 Å². The Hall–Kier alpha value is -1.07. The lowest BCUT2D eigenvalue weighted by atomic mass is 10.1. The zero-order valence-electron chi connectivity index (χ0n) is 17.9. The molecule has 0 aromatic heterocycles. The fourth-order valence-electron chi connectivity index (χ4n) is 2.76. The SMILES string of the molecule is CCNC(=NCC(C)(C)NS(C)(=O)=O)NCCN(CC)c1cccc(C)c1.I. The molecule has 28 heavy (non-hydrogen) atoms. The second kappa shape index (κ2) is 12.5. The van der Waals surface area contributed by atoms with Crippen LogP contribution in [0.2, 0.25) is 0 Å². The van der Waals surface area contributed by atoms with Gasteiger partial charge in [-0.1, -0.05) is 12.1 Å². The van der Waals surface area contributed by atoms with E-state index >= 15 is 0 Å². The Labute approximate surface area is 187 Å². The van der Waals surface area contributed by atoms with E-state index in [1.165, 1.54) is 11.3 Å². The first-order valence-electron chi connectivity index (χ1n) is 9.39. The van der Waals surface area contributed by atoms with E-state index in [2.05, 4.69) is 63.4 Å². The van der Waals surface area contributed by atoms with Crippen molar-refractivity contribution in [3.05, 3.63) is 29.8 Å². The highest BCUT2D eigenvalue weighted by molar-refractivity contribution is 14.0. The summed E-state index contributed by atoms with van der Waals surface area (Å²) in [4.78, 5) is 6.83. The Morgan fingerprint density at radius 1 is 1.21 bits per heavy atom. The molecule has 1 aromatic carbocycles. The lowest BCUT2D eigenvalue weighted by Gasteiger charge is -2.25. The first kappa shape index (κ1) is 26.9. The maximum atomic E-state index is 11.5. The van der Waals surface area contributed by atoms with Gasteiger partial charge in [0.1, 0.15) is 0 Å². The van der Waals surface area contributed by atoms with E-state index in [1.54, 1.807) is 0 Å². The molecule has 1 rings (SSSR count). The Morgan fingerprint density at radius 2 is 1.89 bits per heavy atom. The van der Waals surface area contributed by atoms with E-state index < -0.39 is 15.6 Å². The highest BCUT2D eigenvalue weighted by Gasteiger charge is 2.21. The van der Waals surface area contributed by atoms with E-state index in [0.29, 0.717) is 12.5 Å². The summed E-state index contributed by atoms with van der Waals surface area (Å²) >= 11 is 0. The van der Waals surface area contributed by atoms with Gasteiger partial charge in [0.25, 0.3) is 0 Å². The minimum Gasteiger partial charge on any atom is -0.370 e. The largest absolute Gasteiger partial charge is 0.370 e. The lowest BCUT2D eigenvalue weighted by molar-refractivity contribution is 0.464. The van der Waals surface area contributed by atoms with E-state index in [0.717, 1.165) is 32.4 Å². The van der Waals surface area contributed by atoms with Crippen molar-refractivity contribution in [3.8, 4) is 0 Å². The molecule has 0 atom stereocenters. The number of hydrogen-bond acceptors (Lipinski definition) is 4. The maximum absolute atomic E-state index is 11.5. The zero-order valence-corrected chi connectivity index (χ0v) is 21.0. The Balaban J connectivity index is 0.00000729. The number of halogens is 1. The van der Waals surface area contributed by atoms with Crippen molar-refractivity contribution < 1.29 is 8.42 Å². The van der Waals surface area contributed by atoms with Gasteiger partial charge in [-0.15, -0.1) is 24.0 Å². The second-order valence-corrected chi connectivity index (χ2v) is 9.05. The molecule has 0 saturated carbocycles. The van der Waals surface area contributed by atoms with Gasteiger partial charge in [0.2, 0.25) is 10.0 Å². The Kier molecular flexibility index (Phi) is 12.0. The summed E-state index contributed by atoms with van der Waals surface area (Å²) in [5, 5.41) is 6.53. The Morgan fingerprint density at radius 3 is 2.43 bits per heavy atom. The van der Waals surface area contributed by atoms with Crippen LogP contribution < -0.4 is 20.3 Å². The van der Waals surface area contributed by atoms with Gasteiger partial charge in [0.05, 0.1) is 12.8 Å². The van der Waals surface area contributed by atoms with E-state index in [4.69, 9.17) is 0 Å². The van der Waals surface area contributed by atoms with Crippen molar-refractivity contribution in [3.63, 3.8) is 0 Å². The number of likely N-dealkylation sites (N-methyl/N-ethyl adjacent to an activating group) is 1. The number of nitrogens with one attached hydrogen (secondary N) is 3. The molecule has 0 spiro atoms. The molecule has 0 bridgehead atoms. The summed E-state index contributed by atoms with van der Waals surface area (Å²) in [5.74, 6) is 0.682. The average Bonchev–Trinajstić information content (AvgIpc) is 2.54. The molecular formula is C19H36IN5O2S. The first-order valence-corrected chi connectivity index (χ1v) is 11.3. The molecule has 0 heterocycles. The average molecular weight is 526 g/mol. The molecule has 0 aliphatic carbocycles. The molecule has 0 unspecified atom stereocenters. The molecule has 0 radical (unpaired) electrons. The first-order chi connectivity index (χ1) is 12.6. The van der Waals surface area contributed by atoms with Crippen LogP contribution in [0, 0.1) is 6.92 Å². The van der Waals surface area contributed by atoms with Crippen molar-refractivity contribution >= 4 is 45.6 Å². The minimum absolute atomic E-state index is 0. The normalized spacial score (nSPS) is 12.3. The van der Waals surface area contributed by atoms with Gasteiger partial charge >= 0.3 is 0 Å². The van der Waals surface area contributed by atoms with Crippen molar-refractivity contribution in [2.45, 2.75) is 40.2 Å². The summed E-state index contributed by atoms with van der Waals surface area (Å²) in [6.07, 6.45) is 1.16. The number of guanidine groups is 1. The number of aliphatic imine (C=N–C) groups is 1. The molecule has 3 N–H and O–H groups in total. The minimum atomic E-state index is -3.27. The smallest absolute Gasteiger partial charge is 0.209 e. The molecule has 0 aliphatic heterocycles. The summed E-state index contributed by atoms with van der Waals surface area (Å²) in [6.45, 7) is 13.4. The molecular weight excluding hydrogens is 489 g/mol. The van der Waals surface area contributed by atoms with E-state index in [1.807, 2.05) is 20.8 Å². The summed E-state index contributed by atoms with van der Waals surface area (Å²) in [7, 11) is -3.27. The predicted molar refractivity (Wildman–Crippen MR) is 131 cm³/mol. The molecule has 0 saturated heterocycles. The number of benzene rings is 1. The maximum Gasteiger partial charge on any atom is 0.209 e. The van der Waals surface area contributed by atoms with Crippen molar-refractivity contribution in [2.75, 3.05) is 43.9 Å². The van der Waals surface area contributed by atoms with Crippen LogP contribution in [-0.2, 0) is 10.0 Å². The van der Waals surface area contributed by atoms with Crippen molar-refractivity contribution in [1.29, 1.82) is 0 Å². The summed E-state index contributed by atoms with van der Waals surface area (Å²) < 4.78 is 25.5. The van der Waals surface area contributed by atoms with Crippen LogP contribution in [0.3, 0.4) is 0 Å². The fourth-order valence-corrected chi connectivity index (χ4v) is 3.82. The molecule has 0 amide bonds. The van der Waals surface area contributed by atoms with E-state index in [-0.39, 0.29) is 24.0 Å². The number of hydrogen-bond donors (Lipinski definition) is 3. The molecule has 0 fully saturated rings. The Bertz CT molecular complexity index is 723. The number of rotatable bonds is 10. The fraction of sp³-hybridized carbons (Fsp3) is 0.632. The van der Waals surface area contributed by atoms with Crippen LogP contribution in [0.5, 0.6) is 0 Å². The highest BCUT2D eigenvalue weighted by atomic mass is 127. The van der Waals surface area contributed by atoms with E-state index in [9.17, 15) is 8.42 Å². The van der Waals surface area contributed by atoms with Crippen LogP contribution >= 0.6 is 24.0 Å². The van der Waals surface area contributed by atoms with Crippen LogP contribution in [0.1, 0.15) is 33.3 Å². The second-order valence-electron chi connectivity index (χ2n) is 7.30. The number of sulfonamides is 1. The summed E-state index contributed by atoms with van der Waals surface area (Å²) in [6, 6.07) is 8.47. The van der Waals surface area contributed by atoms with Crippen LogP contribution in [0.25, 0.3) is 0 Å². The number of aryl methyl sites for hydroxylation is 1. The van der Waals surface area contributed by atoms with Crippen molar-refractivity contribution in [2.24, 2.45) is 4.99 Å². The monoisotopic (exact) mass is 525 g/mol. The molecule has 162 valence electrons. The van der Waals surface area contributed by atoms with Crippen LogP contribution in [0.15, 0.2) is 29.3 Å². The molecule has 9 heteroatoms.